The molecule has 0 amide bonds. The standard InChI is InChI=1S/C21H38O6/c22-19(23)15-13-11-9-7-5-3-1-2-4-6-8-10-12-14-18(21(26)27)16-17-20(24)25/h18H,1-17H2,(H,22,23)(H,24,25)(H,26,27). The summed E-state index contributed by atoms with van der Waals surface area (Å²) < 4.78 is 0. The number of aliphatic carboxylic acids is 3. The molecule has 0 aliphatic carbocycles. The second-order valence-corrected chi connectivity index (χ2v) is 7.50. The summed E-state index contributed by atoms with van der Waals surface area (Å²) >= 11 is 0. The van der Waals surface area contributed by atoms with Gasteiger partial charge in [-0.25, -0.2) is 0 Å². The van der Waals surface area contributed by atoms with Gasteiger partial charge in [0, 0.05) is 12.8 Å². The van der Waals surface area contributed by atoms with Gasteiger partial charge in [0.1, 0.15) is 0 Å². The van der Waals surface area contributed by atoms with E-state index in [1.807, 2.05) is 0 Å². The smallest absolute Gasteiger partial charge is 0.306 e. The first-order valence-electron chi connectivity index (χ1n) is 10.6. The molecule has 1 atom stereocenters. The lowest BCUT2D eigenvalue weighted by atomic mass is 9.95. The summed E-state index contributed by atoms with van der Waals surface area (Å²) in [5.41, 5.74) is 0. The van der Waals surface area contributed by atoms with Crippen LogP contribution in [-0.4, -0.2) is 33.2 Å². The molecule has 0 aliphatic rings. The van der Waals surface area contributed by atoms with Crippen LogP contribution in [0, 0.1) is 5.92 Å². The van der Waals surface area contributed by atoms with Gasteiger partial charge in [-0.2, -0.15) is 0 Å². The van der Waals surface area contributed by atoms with Crippen LogP contribution in [0.4, 0.5) is 0 Å². The summed E-state index contributed by atoms with van der Waals surface area (Å²) in [5, 5.41) is 26.3. The van der Waals surface area contributed by atoms with Crippen molar-refractivity contribution in [3.8, 4) is 0 Å². The lowest BCUT2D eigenvalue weighted by Gasteiger charge is -2.10. The quantitative estimate of drug-likeness (QED) is 0.239. The van der Waals surface area contributed by atoms with E-state index in [2.05, 4.69) is 0 Å². The Hall–Kier alpha value is -1.59. The summed E-state index contributed by atoms with van der Waals surface area (Å²) in [6.45, 7) is 0. The third kappa shape index (κ3) is 19.0. The number of carboxylic acids is 3. The zero-order valence-corrected chi connectivity index (χ0v) is 16.7. The normalized spacial score (nSPS) is 12.0. The van der Waals surface area contributed by atoms with E-state index in [1.54, 1.807) is 0 Å². The summed E-state index contributed by atoms with van der Waals surface area (Å²) in [5.74, 6) is -3.03. The molecule has 0 rings (SSSR count). The number of unbranched alkanes of at least 4 members (excludes halogenated alkanes) is 12. The van der Waals surface area contributed by atoms with Crippen LogP contribution in [-0.2, 0) is 14.4 Å². The minimum atomic E-state index is -0.931. The fourth-order valence-corrected chi connectivity index (χ4v) is 3.30. The van der Waals surface area contributed by atoms with E-state index >= 15 is 0 Å². The van der Waals surface area contributed by atoms with Crippen LogP contribution in [0.5, 0.6) is 0 Å². The van der Waals surface area contributed by atoms with E-state index in [9.17, 15) is 14.4 Å². The molecule has 0 fully saturated rings. The minimum absolute atomic E-state index is 0.0701. The van der Waals surface area contributed by atoms with Crippen LogP contribution >= 0.6 is 0 Å². The molecule has 0 aromatic rings. The number of hydrogen-bond donors (Lipinski definition) is 3. The van der Waals surface area contributed by atoms with Crippen LogP contribution in [0.15, 0.2) is 0 Å². The fraction of sp³-hybridized carbons (Fsp3) is 0.857. The SMILES string of the molecule is O=C(O)CCCCCCCCCCCCCCCC(CCC(=O)O)C(=O)O. The number of hydrogen-bond acceptors (Lipinski definition) is 3. The van der Waals surface area contributed by atoms with Crippen molar-refractivity contribution in [1.82, 2.24) is 0 Å². The maximum absolute atomic E-state index is 11.1. The average Bonchev–Trinajstić information content (AvgIpc) is 2.59. The van der Waals surface area contributed by atoms with Gasteiger partial charge in [0.25, 0.3) is 0 Å². The van der Waals surface area contributed by atoms with Crippen molar-refractivity contribution in [2.24, 2.45) is 5.92 Å². The third-order valence-electron chi connectivity index (χ3n) is 5.00. The maximum atomic E-state index is 11.1. The molecule has 0 bridgehead atoms. The molecule has 0 aromatic carbocycles. The lowest BCUT2D eigenvalue weighted by Crippen LogP contribution is -2.15. The Morgan fingerprint density at radius 1 is 0.481 bits per heavy atom. The largest absolute Gasteiger partial charge is 0.481 e. The molecule has 0 spiro atoms. The first-order valence-corrected chi connectivity index (χ1v) is 10.6. The summed E-state index contributed by atoms with van der Waals surface area (Å²) in [6, 6.07) is 0. The minimum Gasteiger partial charge on any atom is -0.481 e. The van der Waals surface area contributed by atoms with Gasteiger partial charge in [0.05, 0.1) is 5.92 Å². The molecule has 0 heterocycles. The summed E-state index contributed by atoms with van der Waals surface area (Å²) in [6.07, 6.45) is 15.6. The van der Waals surface area contributed by atoms with Gasteiger partial charge < -0.3 is 15.3 Å². The molecule has 6 heteroatoms. The van der Waals surface area contributed by atoms with Gasteiger partial charge in [-0.15, -0.1) is 0 Å². The molecule has 27 heavy (non-hydrogen) atoms. The molecular formula is C21H38O6. The molecule has 0 saturated carbocycles. The molecule has 6 nitrogen and oxygen atoms in total. The van der Waals surface area contributed by atoms with Crippen LogP contribution < -0.4 is 0 Å². The van der Waals surface area contributed by atoms with E-state index in [0.717, 1.165) is 38.5 Å². The molecule has 0 radical (unpaired) electrons. The van der Waals surface area contributed by atoms with Gasteiger partial charge in [-0.05, 0) is 19.3 Å². The van der Waals surface area contributed by atoms with Crippen molar-refractivity contribution >= 4 is 17.9 Å². The first kappa shape index (κ1) is 25.4. The first-order chi connectivity index (χ1) is 12.9. The Labute approximate surface area is 163 Å². The Morgan fingerprint density at radius 3 is 1.22 bits per heavy atom. The number of carboxylic acid groups (broad SMARTS) is 3. The lowest BCUT2D eigenvalue weighted by molar-refractivity contribution is -0.143. The highest BCUT2D eigenvalue weighted by Gasteiger charge is 2.17. The topological polar surface area (TPSA) is 112 Å². The van der Waals surface area contributed by atoms with Gasteiger partial charge >= 0.3 is 17.9 Å². The van der Waals surface area contributed by atoms with Gasteiger partial charge in [0.2, 0.25) is 0 Å². The fourth-order valence-electron chi connectivity index (χ4n) is 3.30. The van der Waals surface area contributed by atoms with Crippen LogP contribution in [0.3, 0.4) is 0 Å². The molecule has 0 saturated heterocycles. The van der Waals surface area contributed by atoms with Crippen molar-refractivity contribution in [2.45, 2.75) is 109 Å². The highest BCUT2D eigenvalue weighted by Crippen LogP contribution is 2.18. The van der Waals surface area contributed by atoms with Crippen molar-refractivity contribution in [1.29, 1.82) is 0 Å². The van der Waals surface area contributed by atoms with Gasteiger partial charge in [-0.1, -0.05) is 77.0 Å². The molecule has 0 aromatic heterocycles. The Balaban J connectivity index is 3.33. The highest BCUT2D eigenvalue weighted by molar-refractivity contribution is 5.72. The van der Waals surface area contributed by atoms with Gasteiger partial charge in [0.15, 0.2) is 0 Å². The van der Waals surface area contributed by atoms with Crippen LogP contribution in [0.2, 0.25) is 0 Å². The molecule has 1 unspecified atom stereocenters. The predicted octanol–water partition coefficient (Wildman–Crippen LogP) is 5.49. The summed E-state index contributed by atoms with van der Waals surface area (Å²) in [4.78, 5) is 32.0. The van der Waals surface area contributed by atoms with Crippen LogP contribution in [0.1, 0.15) is 109 Å². The van der Waals surface area contributed by atoms with Crippen molar-refractivity contribution in [2.75, 3.05) is 0 Å². The van der Waals surface area contributed by atoms with E-state index < -0.39 is 23.8 Å². The van der Waals surface area contributed by atoms with Crippen molar-refractivity contribution < 1.29 is 29.7 Å². The molecule has 3 N–H and O–H groups in total. The molecule has 0 aliphatic heterocycles. The van der Waals surface area contributed by atoms with E-state index in [-0.39, 0.29) is 12.8 Å². The number of rotatable bonds is 20. The Kier molecular flexibility index (Phi) is 16.8. The van der Waals surface area contributed by atoms with Crippen molar-refractivity contribution in [3.05, 3.63) is 0 Å². The number of carbonyl (C=O) groups is 3. The van der Waals surface area contributed by atoms with Crippen molar-refractivity contribution in [3.63, 3.8) is 0 Å². The average molecular weight is 387 g/mol. The van der Waals surface area contributed by atoms with E-state index in [1.165, 1.54) is 44.9 Å². The molecule has 158 valence electrons. The summed E-state index contributed by atoms with van der Waals surface area (Å²) in [7, 11) is 0. The van der Waals surface area contributed by atoms with Crippen LogP contribution in [0.25, 0.3) is 0 Å². The maximum Gasteiger partial charge on any atom is 0.306 e. The third-order valence-corrected chi connectivity index (χ3v) is 5.00. The van der Waals surface area contributed by atoms with Gasteiger partial charge in [-0.3, -0.25) is 14.4 Å². The highest BCUT2D eigenvalue weighted by atomic mass is 16.4. The second kappa shape index (κ2) is 17.8. The van der Waals surface area contributed by atoms with E-state index in [0.29, 0.717) is 12.8 Å². The Morgan fingerprint density at radius 2 is 0.852 bits per heavy atom. The zero-order chi connectivity index (χ0) is 20.3. The monoisotopic (exact) mass is 386 g/mol. The van der Waals surface area contributed by atoms with E-state index in [4.69, 9.17) is 15.3 Å². The Bertz CT molecular complexity index is 407. The second-order valence-electron chi connectivity index (χ2n) is 7.50. The molecular weight excluding hydrogens is 348 g/mol. The zero-order valence-electron chi connectivity index (χ0n) is 16.7. The predicted molar refractivity (Wildman–Crippen MR) is 105 cm³/mol.